The molecule has 0 aromatic heterocycles. The maximum Gasteiger partial charge on any atom is 0.0180 e. The fourth-order valence-corrected chi connectivity index (χ4v) is 3.40. The normalized spacial score (nSPS) is 32.2. The minimum Gasteiger partial charge on any atom is -0.314 e. The standard InChI is InChI=1S/C10H19NS/c1-11-10(5-6-10)4-2-9-3-7-12-8-9/h9,11H,2-8H2,1H3. The Kier molecular flexibility index (Phi) is 2.66. The molecular weight excluding hydrogens is 166 g/mol. The number of hydrogen-bond donors (Lipinski definition) is 1. The average molecular weight is 185 g/mol. The second-order valence-corrected chi connectivity index (χ2v) is 5.45. The molecule has 0 amide bonds. The van der Waals surface area contributed by atoms with Gasteiger partial charge in [0.05, 0.1) is 0 Å². The van der Waals surface area contributed by atoms with Gasteiger partial charge >= 0.3 is 0 Å². The first kappa shape index (κ1) is 8.89. The Morgan fingerprint density at radius 3 is 2.83 bits per heavy atom. The molecule has 1 aliphatic heterocycles. The zero-order chi connectivity index (χ0) is 8.44. The summed E-state index contributed by atoms with van der Waals surface area (Å²) in [6.07, 6.45) is 7.21. The third kappa shape index (κ3) is 1.97. The van der Waals surface area contributed by atoms with E-state index in [1.165, 1.54) is 43.6 Å². The Balaban J connectivity index is 1.67. The van der Waals surface area contributed by atoms with E-state index in [4.69, 9.17) is 0 Å². The molecule has 1 saturated heterocycles. The van der Waals surface area contributed by atoms with E-state index in [0.717, 1.165) is 5.92 Å². The first-order chi connectivity index (χ1) is 5.85. The van der Waals surface area contributed by atoms with E-state index in [-0.39, 0.29) is 0 Å². The van der Waals surface area contributed by atoms with E-state index in [1.54, 1.807) is 0 Å². The van der Waals surface area contributed by atoms with Gasteiger partial charge in [-0.3, -0.25) is 0 Å². The van der Waals surface area contributed by atoms with Gasteiger partial charge in [-0.05, 0) is 56.6 Å². The zero-order valence-corrected chi connectivity index (χ0v) is 8.75. The van der Waals surface area contributed by atoms with Crippen molar-refractivity contribution in [2.45, 2.75) is 37.6 Å². The van der Waals surface area contributed by atoms with Crippen molar-refractivity contribution in [1.82, 2.24) is 5.32 Å². The summed E-state index contributed by atoms with van der Waals surface area (Å²) in [4.78, 5) is 0. The van der Waals surface area contributed by atoms with Gasteiger partial charge in [0.15, 0.2) is 0 Å². The van der Waals surface area contributed by atoms with Crippen LogP contribution in [0.1, 0.15) is 32.1 Å². The van der Waals surface area contributed by atoms with Crippen molar-refractivity contribution in [3.05, 3.63) is 0 Å². The molecule has 2 aliphatic rings. The molecule has 2 fully saturated rings. The third-order valence-electron chi connectivity index (χ3n) is 3.44. The SMILES string of the molecule is CNC1(CCC2CCSC2)CC1. The Morgan fingerprint density at radius 1 is 1.50 bits per heavy atom. The van der Waals surface area contributed by atoms with Crippen LogP contribution in [0.4, 0.5) is 0 Å². The smallest absolute Gasteiger partial charge is 0.0180 e. The van der Waals surface area contributed by atoms with Gasteiger partial charge in [0.1, 0.15) is 0 Å². The monoisotopic (exact) mass is 185 g/mol. The molecular formula is C10H19NS. The largest absolute Gasteiger partial charge is 0.314 e. The van der Waals surface area contributed by atoms with E-state index in [9.17, 15) is 0 Å². The van der Waals surface area contributed by atoms with E-state index < -0.39 is 0 Å². The number of hydrogen-bond acceptors (Lipinski definition) is 2. The lowest BCUT2D eigenvalue weighted by molar-refractivity contribution is 0.427. The van der Waals surface area contributed by atoms with Gasteiger partial charge in [-0.15, -0.1) is 0 Å². The van der Waals surface area contributed by atoms with Gasteiger partial charge < -0.3 is 5.32 Å². The highest BCUT2D eigenvalue weighted by molar-refractivity contribution is 7.99. The molecule has 2 heteroatoms. The second kappa shape index (κ2) is 3.59. The molecule has 0 aromatic carbocycles. The molecule has 1 N–H and O–H groups in total. The summed E-state index contributed by atoms with van der Waals surface area (Å²) in [7, 11) is 2.12. The summed E-state index contributed by atoms with van der Waals surface area (Å²) < 4.78 is 0. The second-order valence-electron chi connectivity index (χ2n) is 4.30. The van der Waals surface area contributed by atoms with Crippen molar-refractivity contribution in [2.75, 3.05) is 18.6 Å². The molecule has 0 radical (unpaired) electrons. The predicted molar refractivity (Wildman–Crippen MR) is 55.7 cm³/mol. The summed E-state index contributed by atoms with van der Waals surface area (Å²) in [5.74, 6) is 3.89. The summed E-state index contributed by atoms with van der Waals surface area (Å²) in [6, 6.07) is 0. The lowest BCUT2D eigenvalue weighted by Gasteiger charge is -2.16. The molecule has 1 saturated carbocycles. The Labute approximate surface area is 79.7 Å². The highest BCUT2D eigenvalue weighted by atomic mass is 32.2. The van der Waals surface area contributed by atoms with Crippen LogP contribution in [-0.4, -0.2) is 24.1 Å². The molecule has 1 atom stereocenters. The van der Waals surface area contributed by atoms with Gasteiger partial charge in [-0.1, -0.05) is 0 Å². The molecule has 0 spiro atoms. The minimum absolute atomic E-state index is 0.591. The maximum atomic E-state index is 3.47. The molecule has 12 heavy (non-hydrogen) atoms. The van der Waals surface area contributed by atoms with Crippen molar-refractivity contribution in [3.8, 4) is 0 Å². The zero-order valence-electron chi connectivity index (χ0n) is 7.94. The van der Waals surface area contributed by atoms with Crippen LogP contribution < -0.4 is 5.32 Å². The van der Waals surface area contributed by atoms with Crippen molar-refractivity contribution in [2.24, 2.45) is 5.92 Å². The lowest BCUT2D eigenvalue weighted by atomic mass is 9.98. The highest BCUT2D eigenvalue weighted by Crippen LogP contribution is 2.41. The third-order valence-corrected chi connectivity index (χ3v) is 4.67. The van der Waals surface area contributed by atoms with Gasteiger partial charge in [-0.25, -0.2) is 0 Å². The Morgan fingerprint density at radius 2 is 2.33 bits per heavy atom. The van der Waals surface area contributed by atoms with Crippen molar-refractivity contribution >= 4 is 11.8 Å². The van der Waals surface area contributed by atoms with Crippen LogP contribution in [0.25, 0.3) is 0 Å². The first-order valence-corrected chi connectivity index (χ1v) is 6.27. The van der Waals surface area contributed by atoms with E-state index in [1.807, 2.05) is 0 Å². The summed E-state index contributed by atoms with van der Waals surface area (Å²) in [5.41, 5.74) is 0.591. The first-order valence-electron chi connectivity index (χ1n) is 5.11. The highest BCUT2D eigenvalue weighted by Gasteiger charge is 2.40. The van der Waals surface area contributed by atoms with Crippen molar-refractivity contribution < 1.29 is 0 Å². The van der Waals surface area contributed by atoms with Gasteiger partial charge in [0.2, 0.25) is 0 Å². The predicted octanol–water partition coefficient (Wildman–Crippen LogP) is 2.27. The molecule has 0 bridgehead atoms. The van der Waals surface area contributed by atoms with Gasteiger partial charge in [-0.2, -0.15) is 11.8 Å². The fourth-order valence-electron chi connectivity index (χ4n) is 2.07. The van der Waals surface area contributed by atoms with E-state index in [0.29, 0.717) is 5.54 Å². The van der Waals surface area contributed by atoms with E-state index in [2.05, 4.69) is 24.1 Å². The van der Waals surface area contributed by atoms with Crippen LogP contribution in [0.5, 0.6) is 0 Å². The summed E-state index contributed by atoms with van der Waals surface area (Å²) >= 11 is 2.14. The lowest BCUT2D eigenvalue weighted by Crippen LogP contribution is -2.27. The molecule has 1 unspecified atom stereocenters. The average Bonchev–Trinajstić information content (AvgIpc) is 2.70. The molecule has 2 rings (SSSR count). The van der Waals surface area contributed by atoms with Gasteiger partial charge in [0, 0.05) is 5.54 Å². The topological polar surface area (TPSA) is 12.0 Å². The van der Waals surface area contributed by atoms with Crippen LogP contribution in [0.2, 0.25) is 0 Å². The summed E-state index contributed by atoms with van der Waals surface area (Å²) in [6.45, 7) is 0. The Bertz CT molecular complexity index is 148. The molecule has 1 nitrogen and oxygen atoms in total. The van der Waals surface area contributed by atoms with Crippen LogP contribution in [0.15, 0.2) is 0 Å². The Hall–Kier alpha value is 0.310. The van der Waals surface area contributed by atoms with E-state index >= 15 is 0 Å². The van der Waals surface area contributed by atoms with Crippen LogP contribution in [0.3, 0.4) is 0 Å². The quantitative estimate of drug-likeness (QED) is 0.721. The number of rotatable bonds is 4. The van der Waals surface area contributed by atoms with Gasteiger partial charge in [0.25, 0.3) is 0 Å². The minimum atomic E-state index is 0.591. The maximum absolute atomic E-state index is 3.47. The van der Waals surface area contributed by atoms with Crippen molar-refractivity contribution in [1.29, 1.82) is 0 Å². The fraction of sp³-hybridized carbons (Fsp3) is 1.00. The summed E-state index contributed by atoms with van der Waals surface area (Å²) in [5, 5.41) is 3.47. The van der Waals surface area contributed by atoms with Crippen LogP contribution >= 0.6 is 11.8 Å². The van der Waals surface area contributed by atoms with Crippen molar-refractivity contribution in [3.63, 3.8) is 0 Å². The number of nitrogens with one attached hydrogen (secondary N) is 1. The molecule has 70 valence electrons. The van der Waals surface area contributed by atoms with Crippen LogP contribution in [-0.2, 0) is 0 Å². The van der Waals surface area contributed by atoms with Crippen LogP contribution in [0, 0.1) is 5.92 Å². The number of thioether (sulfide) groups is 1. The molecule has 1 heterocycles. The molecule has 0 aromatic rings. The molecule has 1 aliphatic carbocycles.